The van der Waals surface area contributed by atoms with Crippen LogP contribution in [0.5, 0.6) is 17.2 Å². The standard InChI is InChI=1S/C42H68N10O11/c1-40(2,3)61-37(55)49-28(17-16-20-52(39(57)63-42(7,8)9)36(45)51-38(56)62-41(4,5)6)34(54)47-19-15-13-12-14-18-46-31(53)25-60-32-29(58-10)22-26(23-30(32)59-11)21-27-24-48-35(44)50-33(27)43/h22-24,28H,12-21,25H2,1-11H3,(H,46,53)(H,47,54)(H,49,55)(H2,45,51,56)(H4,43,44,48,50). The highest BCUT2D eigenvalue weighted by Crippen LogP contribution is 2.39. The van der Waals surface area contributed by atoms with Gasteiger partial charge in [0.1, 0.15) is 28.7 Å². The minimum absolute atomic E-state index is 0.0638. The fourth-order valence-electron chi connectivity index (χ4n) is 5.55. The third-order valence-electron chi connectivity index (χ3n) is 8.28. The van der Waals surface area contributed by atoms with Crippen LogP contribution >= 0.6 is 0 Å². The number of nitrogen functional groups attached to an aromatic ring is 2. The zero-order valence-electron chi connectivity index (χ0n) is 38.6. The molecule has 0 radical (unpaired) electrons. The molecule has 0 aliphatic rings. The molecule has 2 rings (SSSR count). The van der Waals surface area contributed by atoms with Gasteiger partial charge in [0.05, 0.1) is 14.2 Å². The van der Waals surface area contributed by atoms with Gasteiger partial charge in [0.25, 0.3) is 5.91 Å². The van der Waals surface area contributed by atoms with Crippen LogP contribution in [0.25, 0.3) is 0 Å². The maximum Gasteiger partial charge on any atom is 0.437 e. The third kappa shape index (κ3) is 20.9. The number of unbranched alkanes of at least 4 members (excludes halogenated alkanes) is 3. The number of nitrogens with zero attached hydrogens (tertiary/aromatic N) is 4. The van der Waals surface area contributed by atoms with Crippen LogP contribution in [-0.4, -0.2) is 114 Å². The van der Waals surface area contributed by atoms with E-state index in [4.69, 9.17) is 45.6 Å². The predicted octanol–water partition coefficient (Wildman–Crippen LogP) is 4.58. The summed E-state index contributed by atoms with van der Waals surface area (Å²) in [5, 5.41) is 8.29. The number of nitrogens with two attached hydrogens (primary N) is 3. The van der Waals surface area contributed by atoms with Crippen molar-refractivity contribution in [3.05, 3.63) is 29.5 Å². The number of amides is 5. The lowest BCUT2D eigenvalue weighted by atomic mass is 10.1. The van der Waals surface area contributed by atoms with Crippen molar-refractivity contribution in [3.8, 4) is 17.2 Å². The number of guanidine groups is 1. The molecular weight excluding hydrogens is 821 g/mol. The van der Waals surface area contributed by atoms with Crippen LogP contribution in [-0.2, 0) is 30.2 Å². The smallest absolute Gasteiger partial charge is 0.437 e. The molecular formula is C42H68N10O11. The van der Waals surface area contributed by atoms with E-state index in [1.807, 2.05) is 0 Å². The largest absolute Gasteiger partial charge is 0.493 e. The van der Waals surface area contributed by atoms with Crippen LogP contribution < -0.4 is 47.4 Å². The van der Waals surface area contributed by atoms with Gasteiger partial charge < -0.3 is 61.6 Å². The number of nitrogens with one attached hydrogen (secondary N) is 3. The first-order valence-electron chi connectivity index (χ1n) is 20.7. The number of carbonyl (C=O) groups excluding carboxylic acids is 5. The Morgan fingerprint density at radius 2 is 1.37 bits per heavy atom. The fourth-order valence-corrected chi connectivity index (χ4v) is 5.55. The van der Waals surface area contributed by atoms with Crippen molar-refractivity contribution in [2.45, 2.75) is 130 Å². The molecule has 0 saturated heterocycles. The number of hydrogen-bond donors (Lipinski definition) is 6. The van der Waals surface area contributed by atoms with Crippen molar-refractivity contribution in [1.29, 1.82) is 0 Å². The average Bonchev–Trinajstić information content (AvgIpc) is 3.14. The van der Waals surface area contributed by atoms with Crippen LogP contribution in [0.3, 0.4) is 0 Å². The van der Waals surface area contributed by atoms with Gasteiger partial charge in [0, 0.05) is 37.8 Å². The van der Waals surface area contributed by atoms with Gasteiger partial charge in [0.2, 0.25) is 23.6 Å². The second kappa shape index (κ2) is 24.4. The Kier molecular flexibility index (Phi) is 20.5. The van der Waals surface area contributed by atoms with Crippen LogP contribution in [0, 0.1) is 0 Å². The number of aliphatic imine (C=N–C) groups is 1. The van der Waals surface area contributed by atoms with Crippen molar-refractivity contribution >= 4 is 47.8 Å². The number of benzene rings is 1. The van der Waals surface area contributed by atoms with E-state index in [0.717, 1.165) is 23.3 Å². The second-order valence-corrected chi connectivity index (χ2v) is 17.4. The summed E-state index contributed by atoms with van der Waals surface area (Å²) in [7, 11) is 2.96. The minimum Gasteiger partial charge on any atom is -0.493 e. The van der Waals surface area contributed by atoms with E-state index < -0.39 is 53.0 Å². The molecule has 9 N–H and O–H groups in total. The van der Waals surface area contributed by atoms with E-state index in [1.165, 1.54) is 14.2 Å². The van der Waals surface area contributed by atoms with Gasteiger partial charge in [-0.2, -0.15) is 4.98 Å². The molecule has 0 bridgehead atoms. The molecule has 1 atom stereocenters. The molecule has 21 heteroatoms. The molecule has 1 heterocycles. The molecule has 0 aliphatic carbocycles. The molecule has 0 fully saturated rings. The molecule has 1 aromatic carbocycles. The van der Waals surface area contributed by atoms with E-state index in [9.17, 15) is 24.0 Å². The monoisotopic (exact) mass is 889 g/mol. The SMILES string of the molecule is COc1cc(Cc2cnc(N)nc2N)cc(OC)c1OCC(=O)NCCCCCCNC(=O)C(CCCN(C(=O)OC(C)(C)C)C(N)=NC(=O)OC(C)(C)C)NC(=O)OC(C)(C)C. The molecule has 0 saturated carbocycles. The molecule has 1 aromatic heterocycles. The Morgan fingerprint density at radius 3 is 1.90 bits per heavy atom. The summed E-state index contributed by atoms with van der Waals surface area (Å²) >= 11 is 0. The first kappa shape index (κ1) is 52.9. The normalized spacial score (nSPS) is 12.3. The Morgan fingerprint density at radius 1 is 0.794 bits per heavy atom. The Balaban J connectivity index is 1.90. The molecule has 2 aromatic rings. The molecule has 0 aliphatic heterocycles. The van der Waals surface area contributed by atoms with E-state index in [2.05, 4.69) is 30.9 Å². The first-order valence-corrected chi connectivity index (χ1v) is 20.7. The van der Waals surface area contributed by atoms with Gasteiger partial charge in [-0.05, 0) is 106 Å². The lowest BCUT2D eigenvalue weighted by Crippen LogP contribution is -2.49. The highest BCUT2D eigenvalue weighted by atomic mass is 16.6. The summed E-state index contributed by atoms with van der Waals surface area (Å²) in [6.45, 7) is 15.4. The van der Waals surface area contributed by atoms with Gasteiger partial charge in [-0.25, -0.2) is 24.3 Å². The van der Waals surface area contributed by atoms with Crippen LogP contribution in [0.1, 0.15) is 112 Å². The second-order valence-electron chi connectivity index (χ2n) is 17.4. The highest BCUT2D eigenvalue weighted by molar-refractivity contribution is 5.98. The summed E-state index contributed by atoms with van der Waals surface area (Å²) in [6, 6.07) is 2.46. The van der Waals surface area contributed by atoms with E-state index in [-0.39, 0.29) is 49.4 Å². The van der Waals surface area contributed by atoms with E-state index >= 15 is 0 Å². The van der Waals surface area contributed by atoms with E-state index in [1.54, 1.807) is 80.6 Å². The zero-order chi connectivity index (χ0) is 47.5. The molecule has 5 amide bonds. The predicted molar refractivity (Wildman–Crippen MR) is 236 cm³/mol. The summed E-state index contributed by atoms with van der Waals surface area (Å²) in [5.74, 6) is 0.0817. The number of ether oxygens (including phenoxy) is 6. The molecule has 0 spiro atoms. The van der Waals surface area contributed by atoms with Gasteiger partial charge in [-0.15, -0.1) is 4.99 Å². The topological polar surface area (TPSA) is 296 Å². The number of aromatic nitrogens is 2. The van der Waals surface area contributed by atoms with Gasteiger partial charge in [-0.1, -0.05) is 12.8 Å². The van der Waals surface area contributed by atoms with Crippen molar-refractivity contribution in [1.82, 2.24) is 30.8 Å². The summed E-state index contributed by atoms with van der Waals surface area (Å²) in [6.07, 6.45) is 2.28. The maximum absolute atomic E-state index is 13.3. The fraction of sp³-hybridized carbons (Fsp3) is 0.619. The van der Waals surface area contributed by atoms with Gasteiger partial charge >= 0.3 is 18.3 Å². The summed E-state index contributed by atoms with van der Waals surface area (Å²) < 4.78 is 32.9. The van der Waals surface area contributed by atoms with Crippen LogP contribution in [0.2, 0.25) is 0 Å². The summed E-state index contributed by atoms with van der Waals surface area (Å²) in [5.41, 5.74) is 16.6. The quantitative estimate of drug-likeness (QED) is 0.0459. The number of anilines is 2. The van der Waals surface area contributed by atoms with E-state index in [0.29, 0.717) is 49.4 Å². The number of alkyl carbamates (subject to hydrolysis) is 1. The molecule has 63 heavy (non-hydrogen) atoms. The summed E-state index contributed by atoms with van der Waals surface area (Å²) in [4.78, 5) is 76.8. The lowest BCUT2D eigenvalue weighted by molar-refractivity contribution is -0.124. The van der Waals surface area contributed by atoms with Gasteiger partial charge in [0.15, 0.2) is 18.1 Å². The average molecular weight is 889 g/mol. The Hall–Kier alpha value is -6.28. The Bertz CT molecular complexity index is 1860. The first-order chi connectivity index (χ1) is 29.3. The third-order valence-corrected chi connectivity index (χ3v) is 8.28. The van der Waals surface area contributed by atoms with Crippen molar-refractivity contribution in [2.24, 2.45) is 10.7 Å². The van der Waals surface area contributed by atoms with Crippen molar-refractivity contribution in [3.63, 3.8) is 0 Å². The highest BCUT2D eigenvalue weighted by Gasteiger charge is 2.29. The number of carbonyl (C=O) groups is 5. The van der Waals surface area contributed by atoms with Crippen molar-refractivity contribution in [2.75, 3.05) is 51.9 Å². The molecule has 1 unspecified atom stereocenters. The molecule has 352 valence electrons. The maximum atomic E-state index is 13.3. The van der Waals surface area contributed by atoms with Gasteiger partial charge in [-0.3, -0.25) is 9.59 Å². The van der Waals surface area contributed by atoms with Crippen molar-refractivity contribution < 1.29 is 52.4 Å². The number of hydrogen-bond acceptors (Lipinski definition) is 15. The Labute approximate surface area is 369 Å². The number of rotatable bonds is 20. The molecule has 21 nitrogen and oxygen atoms in total. The lowest BCUT2D eigenvalue weighted by Gasteiger charge is -2.27. The van der Waals surface area contributed by atoms with Crippen LogP contribution in [0.4, 0.5) is 26.1 Å². The zero-order valence-corrected chi connectivity index (χ0v) is 38.6. The number of methoxy groups -OCH3 is 2. The van der Waals surface area contributed by atoms with Crippen LogP contribution in [0.15, 0.2) is 23.3 Å². The minimum atomic E-state index is -1.04.